The molecule has 0 fully saturated rings. The van der Waals surface area contributed by atoms with Gasteiger partial charge >= 0.3 is 11.9 Å². The van der Waals surface area contributed by atoms with Gasteiger partial charge in [0.25, 0.3) is 11.8 Å². The molecule has 10 heteroatoms. The Labute approximate surface area is 204 Å². The Hall–Kier alpha value is -5.38. The SMILES string of the molecule is Nc1ccc(NC(=O)c2ccc(C(=O)Nc3ccc(N)cc3)c3c(C(=O)O)ccc(C(=O)O)c23)cc1. The first-order valence-electron chi connectivity index (χ1n) is 10.6. The number of fused-ring (bicyclic) bond motifs is 1. The first-order chi connectivity index (χ1) is 17.2. The minimum atomic E-state index is -1.39. The highest BCUT2D eigenvalue weighted by atomic mass is 16.4. The number of carboxylic acid groups (broad SMARTS) is 2. The number of hydrogen-bond acceptors (Lipinski definition) is 6. The number of nitrogens with two attached hydrogens (primary N) is 2. The fourth-order valence-electron chi connectivity index (χ4n) is 3.76. The Bertz CT molecular complexity index is 1410. The fourth-order valence-corrected chi connectivity index (χ4v) is 3.76. The summed E-state index contributed by atoms with van der Waals surface area (Å²) >= 11 is 0. The van der Waals surface area contributed by atoms with Crippen molar-refractivity contribution in [3.8, 4) is 0 Å². The van der Waals surface area contributed by atoms with Crippen molar-refractivity contribution in [2.45, 2.75) is 0 Å². The highest BCUT2D eigenvalue weighted by Gasteiger charge is 2.25. The van der Waals surface area contributed by atoms with Crippen molar-refractivity contribution >= 4 is 57.3 Å². The van der Waals surface area contributed by atoms with Crippen LogP contribution in [-0.4, -0.2) is 34.0 Å². The molecular weight excluding hydrogens is 464 g/mol. The number of carbonyl (C=O) groups excluding carboxylic acids is 2. The van der Waals surface area contributed by atoms with Gasteiger partial charge in [-0.2, -0.15) is 0 Å². The van der Waals surface area contributed by atoms with Crippen LogP contribution in [0.15, 0.2) is 72.8 Å². The molecule has 10 nitrogen and oxygen atoms in total. The number of nitrogens with one attached hydrogen (secondary N) is 2. The first kappa shape index (κ1) is 23.8. The molecule has 0 saturated carbocycles. The number of rotatable bonds is 6. The molecule has 0 bridgehead atoms. The van der Waals surface area contributed by atoms with E-state index < -0.39 is 23.8 Å². The van der Waals surface area contributed by atoms with Gasteiger partial charge in [0.15, 0.2) is 0 Å². The van der Waals surface area contributed by atoms with Crippen molar-refractivity contribution in [2.24, 2.45) is 0 Å². The molecule has 0 saturated heterocycles. The minimum Gasteiger partial charge on any atom is -0.478 e. The molecular formula is C26H20N4O6. The van der Waals surface area contributed by atoms with Crippen LogP contribution >= 0.6 is 0 Å². The third-order valence-electron chi connectivity index (χ3n) is 5.45. The van der Waals surface area contributed by atoms with Crippen LogP contribution in [-0.2, 0) is 0 Å². The lowest BCUT2D eigenvalue weighted by Gasteiger charge is -2.16. The lowest BCUT2D eigenvalue weighted by atomic mass is 9.90. The van der Waals surface area contributed by atoms with Crippen LogP contribution < -0.4 is 22.1 Å². The monoisotopic (exact) mass is 484 g/mol. The Balaban J connectivity index is 1.90. The van der Waals surface area contributed by atoms with E-state index in [-0.39, 0.29) is 33.0 Å². The standard InChI is InChI=1S/C26H20N4O6/c27-13-1-5-15(6-2-13)29-23(31)17-9-10-18(24(32)30-16-7-3-14(28)4-8-16)22-20(26(35)36)12-11-19(21(17)22)25(33)34/h1-12H,27-28H2,(H,29,31)(H,30,32)(H,33,34)(H,35,36). The van der Waals surface area contributed by atoms with E-state index in [0.29, 0.717) is 22.7 Å². The highest BCUT2D eigenvalue weighted by Crippen LogP contribution is 2.32. The molecule has 2 amide bonds. The minimum absolute atomic E-state index is 0.119. The smallest absolute Gasteiger partial charge is 0.336 e. The molecule has 180 valence electrons. The maximum absolute atomic E-state index is 13.2. The molecule has 36 heavy (non-hydrogen) atoms. The van der Waals surface area contributed by atoms with Gasteiger partial charge in [-0.3, -0.25) is 9.59 Å². The van der Waals surface area contributed by atoms with Gasteiger partial charge in [0, 0.05) is 44.6 Å². The van der Waals surface area contributed by atoms with Gasteiger partial charge in [0.05, 0.1) is 11.1 Å². The molecule has 0 aliphatic heterocycles. The van der Waals surface area contributed by atoms with E-state index in [2.05, 4.69) is 10.6 Å². The van der Waals surface area contributed by atoms with Crippen LogP contribution in [0, 0.1) is 0 Å². The zero-order chi connectivity index (χ0) is 26.0. The fraction of sp³-hybridized carbons (Fsp3) is 0. The first-order valence-corrected chi connectivity index (χ1v) is 10.6. The van der Waals surface area contributed by atoms with Crippen LogP contribution in [0.4, 0.5) is 22.7 Å². The van der Waals surface area contributed by atoms with E-state index in [9.17, 15) is 29.4 Å². The van der Waals surface area contributed by atoms with E-state index in [1.54, 1.807) is 48.5 Å². The largest absolute Gasteiger partial charge is 0.478 e. The van der Waals surface area contributed by atoms with Gasteiger partial charge in [-0.1, -0.05) is 0 Å². The number of amides is 2. The highest BCUT2D eigenvalue weighted by molar-refractivity contribution is 6.26. The molecule has 4 rings (SSSR count). The van der Waals surface area contributed by atoms with Gasteiger partial charge in [-0.15, -0.1) is 0 Å². The Morgan fingerprint density at radius 1 is 0.500 bits per heavy atom. The van der Waals surface area contributed by atoms with Gasteiger partial charge < -0.3 is 32.3 Å². The molecule has 0 spiro atoms. The van der Waals surface area contributed by atoms with Gasteiger partial charge in [-0.05, 0) is 72.8 Å². The summed E-state index contributed by atoms with van der Waals surface area (Å²) in [4.78, 5) is 50.5. The van der Waals surface area contributed by atoms with Crippen molar-refractivity contribution in [3.05, 3.63) is 95.1 Å². The lowest BCUT2D eigenvalue weighted by molar-refractivity contribution is 0.0684. The van der Waals surface area contributed by atoms with Crippen LogP contribution in [0.1, 0.15) is 41.4 Å². The van der Waals surface area contributed by atoms with E-state index in [1.807, 2.05) is 0 Å². The molecule has 8 N–H and O–H groups in total. The molecule has 4 aromatic carbocycles. The Kier molecular flexibility index (Phi) is 6.25. The van der Waals surface area contributed by atoms with E-state index in [4.69, 9.17) is 11.5 Å². The maximum atomic E-state index is 13.2. The Morgan fingerprint density at radius 3 is 1.11 bits per heavy atom. The lowest BCUT2D eigenvalue weighted by Crippen LogP contribution is -2.18. The number of nitrogen functional groups attached to an aromatic ring is 2. The summed E-state index contributed by atoms with van der Waals surface area (Å²) in [5.74, 6) is -4.18. The van der Waals surface area contributed by atoms with Gasteiger partial charge in [0.1, 0.15) is 0 Å². The summed E-state index contributed by atoms with van der Waals surface area (Å²) in [5.41, 5.74) is 12.2. The zero-order valence-corrected chi connectivity index (χ0v) is 18.6. The summed E-state index contributed by atoms with van der Waals surface area (Å²) in [5, 5.41) is 24.6. The molecule has 4 aromatic rings. The summed E-state index contributed by atoms with van der Waals surface area (Å²) in [7, 11) is 0. The molecule has 0 aromatic heterocycles. The average molecular weight is 484 g/mol. The van der Waals surface area contributed by atoms with Crippen molar-refractivity contribution < 1.29 is 29.4 Å². The predicted molar refractivity (Wildman–Crippen MR) is 135 cm³/mol. The van der Waals surface area contributed by atoms with Crippen LogP contribution in [0.3, 0.4) is 0 Å². The second-order valence-electron chi connectivity index (χ2n) is 7.83. The topological polar surface area (TPSA) is 185 Å². The predicted octanol–water partition coefficient (Wildman–Crippen LogP) is 3.91. The average Bonchev–Trinajstić information content (AvgIpc) is 2.85. The van der Waals surface area contributed by atoms with E-state index >= 15 is 0 Å². The normalized spacial score (nSPS) is 10.6. The van der Waals surface area contributed by atoms with Crippen molar-refractivity contribution in [1.29, 1.82) is 0 Å². The zero-order valence-electron chi connectivity index (χ0n) is 18.6. The van der Waals surface area contributed by atoms with Gasteiger partial charge in [0.2, 0.25) is 0 Å². The van der Waals surface area contributed by atoms with Crippen molar-refractivity contribution in [3.63, 3.8) is 0 Å². The second-order valence-corrected chi connectivity index (χ2v) is 7.83. The molecule has 0 heterocycles. The second kappa shape index (κ2) is 9.47. The summed E-state index contributed by atoms with van der Waals surface area (Å²) in [6, 6.07) is 17.3. The summed E-state index contributed by atoms with van der Waals surface area (Å²) in [6.45, 7) is 0. The number of anilines is 4. The quantitative estimate of drug-likeness (QED) is 0.222. The van der Waals surface area contributed by atoms with Crippen molar-refractivity contribution in [1.82, 2.24) is 0 Å². The van der Waals surface area contributed by atoms with E-state index in [1.165, 1.54) is 12.1 Å². The van der Waals surface area contributed by atoms with Crippen LogP contribution in [0.2, 0.25) is 0 Å². The molecule has 0 radical (unpaired) electrons. The van der Waals surface area contributed by atoms with Crippen molar-refractivity contribution in [2.75, 3.05) is 22.1 Å². The molecule has 0 aliphatic carbocycles. The Morgan fingerprint density at radius 2 is 0.806 bits per heavy atom. The molecule has 0 aliphatic rings. The third kappa shape index (κ3) is 4.64. The number of hydrogen-bond donors (Lipinski definition) is 6. The third-order valence-corrected chi connectivity index (χ3v) is 5.45. The maximum Gasteiger partial charge on any atom is 0.336 e. The van der Waals surface area contributed by atoms with E-state index in [0.717, 1.165) is 12.1 Å². The number of carboxylic acids is 2. The summed E-state index contributed by atoms with van der Waals surface area (Å²) in [6.07, 6.45) is 0. The number of benzene rings is 4. The van der Waals surface area contributed by atoms with Gasteiger partial charge in [-0.25, -0.2) is 9.59 Å². The van der Waals surface area contributed by atoms with Crippen LogP contribution in [0.5, 0.6) is 0 Å². The summed E-state index contributed by atoms with van der Waals surface area (Å²) < 4.78 is 0. The van der Waals surface area contributed by atoms with Crippen LogP contribution in [0.25, 0.3) is 10.8 Å². The number of carbonyl (C=O) groups is 4. The molecule has 0 unspecified atom stereocenters. The number of aromatic carboxylic acids is 2. The molecule has 0 atom stereocenters.